The van der Waals surface area contributed by atoms with Crippen LogP contribution >= 0.6 is 0 Å². The SMILES string of the molecule is O=C(Nc1ccccc1C1=NCCN1)c1ccc(S(=O)(=O)N2CCOCC2)cc1. The molecule has 0 spiro atoms. The average molecular weight is 414 g/mol. The van der Waals surface area contributed by atoms with Crippen LogP contribution < -0.4 is 10.6 Å². The van der Waals surface area contributed by atoms with Crippen molar-refractivity contribution in [2.24, 2.45) is 4.99 Å². The van der Waals surface area contributed by atoms with Gasteiger partial charge in [-0.05, 0) is 36.4 Å². The Hall–Kier alpha value is -2.75. The number of morpholine rings is 1. The fraction of sp³-hybridized carbons (Fsp3) is 0.300. The average Bonchev–Trinajstić information content (AvgIpc) is 3.29. The first kappa shape index (κ1) is 19.6. The maximum absolute atomic E-state index is 12.7. The highest BCUT2D eigenvalue weighted by molar-refractivity contribution is 7.89. The van der Waals surface area contributed by atoms with Crippen LogP contribution in [0, 0.1) is 0 Å². The van der Waals surface area contributed by atoms with E-state index < -0.39 is 10.0 Å². The first-order valence-electron chi connectivity index (χ1n) is 9.43. The van der Waals surface area contributed by atoms with E-state index in [0.717, 1.165) is 17.9 Å². The number of amidine groups is 1. The zero-order valence-electron chi connectivity index (χ0n) is 15.8. The number of amides is 1. The van der Waals surface area contributed by atoms with E-state index in [-0.39, 0.29) is 10.8 Å². The molecule has 1 amide bonds. The van der Waals surface area contributed by atoms with E-state index in [1.54, 1.807) is 0 Å². The summed E-state index contributed by atoms with van der Waals surface area (Å²) in [4.78, 5) is 17.3. The van der Waals surface area contributed by atoms with Gasteiger partial charge in [0.2, 0.25) is 10.0 Å². The molecule has 2 heterocycles. The van der Waals surface area contributed by atoms with Gasteiger partial charge in [0, 0.05) is 30.8 Å². The molecule has 152 valence electrons. The molecule has 0 aliphatic carbocycles. The zero-order chi connectivity index (χ0) is 20.3. The highest BCUT2D eigenvalue weighted by Gasteiger charge is 2.26. The number of carbonyl (C=O) groups is 1. The predicted octanol–water partition coefficient (Wildman–Crippen LogP) is 1.31. The zero-order valence-corrected chi connectivity index (χ0v) is 16.6. The molecule has 1 saturated heterocycles. The van der Waals surface area contributed by atoms with Gasteiger partial charge in [-0.2, -0.15) is 4.31 Å². The molecule has 0 aromatic heterocycles. The van der Waals surface area contributed by atoms with Gasteiger partial charge in [0.15, 0.2) is 0 Å². The lowest BCUT2D eigenvalue weighted by Crippen LogP contribution is -2.40. The number of rotatable bonds is 5. The summed E-state index contributed by atoms with van der Waals surface area (Å²) in [5.41, 5.74) is 1.85. The monoisotopic (exact) mass is 414 g/mol. The number of hydrogen-bond acceptors (Lipinski definition) is 6. The van der Waals surface area contributed by atoms with Gasteiger partial charge in [-0.1, -0.05) is 12.1 Å². The summed E-state index contributed by atoms with van der Waals surface area (Å²) in [6.45, 7) is 2.92. The smallest absolute Gasteiger partial charge is 0.255 e. The van der Waals surface area contributed by atoms with E-state index in [9.17, 15) is 13.2 Å². The molecule has 2 aliphatic rings. The molecule has 2 aliphatic heterocycles. The lowest BCUT2D eigenvalue weighted by atomic mass is 10.1. The third-order valence-electron chi connectivity index (χ3n) is 4.83. The maximum atomic E-state index is 12.7. The summed E-state index contributed by atoms with van der Waals surface area (Å²) in [7, 11) is -3.58. The minimum absolute atomic E-state index is 0.167. The van der Waals surface area contributed by atoms with Gasteiger partial charge in [0.1, 0.15) is 5.84 Å². The molecule has 2 aromatic rings. The van der Waals surface area contributed by atoms with Gasteiger partial charge in [0.25, 0.3) is 5.91 Å². The van der Waals surface area contributed by atoms with Crippen LogP contribution in [0.25, 0.3) is 0 Å². The molecule has 0 saturated carbocycles. The van der Waals surface area contributed by atoms with Crippen LogP contribution in [0.15, 0.2) is 58.4 Å². The summed E-state index contributed by atoms with van der Waals surface area (Å²) in [5, 5.41) is 6.09. The summed E-state index contributed by atoms with van der Waals surface area (Å²) in [6.07, 6.45) is 0. The van der Waals surface area contributed by atoms with Crippen molar-refractivity contribution >= 4 is 27.5 Å². The number of benzene rings is 2. The first-order chi connectivity index (χ1) is 14.1. The molecule has 0 atom stereocenters. The predicted molar refractivity (Wildman–Crippen MR) is 110 cm³/mol. The lowest BCUT2D eigenvalue weighted by molar-refractivity contribution is 0.0730. The Labute approximate surface area is 169 Å². The number of carbonyl (C=O) groups excluding carboxylic acids is 1. The highest BCUT2D eigenvalue weighted by atomic mass is 32.2. The maximum Gasteiger partial charge on any atom is 0.255 e. The number of para-hydroxylation sites is 1. The van der Waals surface area contributed by atoms with E-state index in [1.165, 1.54) is 28.6 Å². The van der Waals surface area contributed by atoms with E-state index in [2.05, 4.69) is 15.6 Å². The van der Waals surface area contributed by atoms with Crippen molar-refractivity contribution in [2.75, 3.05) is 44.7 Å². The molecule has 8 nitrogen and oxygen atoms in total. The number of aliphatic imine (C=N–C) groups is 1. The van der Waals surface area contributed by atoms with Crippen LogP contribution in [0.4, 0.5) is 5.69 Å². The second-order valence-corrected chi connectivity index (χ2v) is 8.64. The molecule has 0 radical (unpaired) electrons. The molecule has 2 N–H and O–H groups in total. The Bertz CT molecular complexity index is 1030. The number of hydrogen-bond donors (Lipinski definition) is 2. The summed E-state index contributed by atoms with van der Waals surface area (Å²) in [5.74, 6) is 0.444. The molecule has 0 unspecified atom stereocenters. The Morgan fingerprint density at radius 3 is 2.48 bits per heavy atom. The summed E-state index contributed by atoms with van der Waals surface area (Å²) < 4.78 is 32.0. The van der Waals surface area contributed by atoms with Crippen LogP contribution in [0.1, 0.15) is 15.9 Å². The Morgan fingerprint density at radius 2 is 1.79 bits per heavy atom. The van der Waals surface area contributed by atoms with Crippen LogP contribution in [-0.4, -0.2) is 63.9 Å². The molecule has 29 heavy (non-hydrogen) atoms. The molecule has 2 aromatic carbocycles. The molecule has 9 heteroatoms. The normalized spacial score (nSPS) is 17.4. The third-order valence-corrected chi connectivity index (χ3v) is 6.74. The fourth-order valence-electron chi connectivity index (χ4n) is 3.29. The van der Waals surface area contributed by atoms with Gasteiger partial charge >= 0.3 is 0 Å². The Kier molecular flexibility index (Phi) is 5.61. The molecule has 0 bridgehead atoms. The van der Waals surface area contributed by atoms with Crippen molar-refractivity contribution in [2.45, 2.75) is 4.90 Å². The van der Waals surface area contributed by atoms with Crippen molar-refractivity contribution in [1.82, 2.24) is 9.62 Å². The van der Waals surface area contributed by atoms with E-state index in [1.807, 2.05) is 24.3 Å². The minimum atomic E-state index is -3.58. The quantitative estimate of drug-likeness (QED) is 0.768. The standard InChI is InChI=1S/C20H22N4O4S/c25-20(23-18-4-2-1-3-17(18)19-21-9-10-22-19)15-5-7-16(8-6-15)29(26,27)24-11-13-28-14-12-24/h1-8H,9-14H2,(H,21,22)(H,23,25). The molecular formula is C20H22N4O4S. The van der Waals surface area contributed by atoms with Gasteiger partial charge in [-0.15, -0.1) is 0 Å². The van der Waals surface area contributed by atoms with E-state index in [0.29, 0.717) is 44.1 Å². The van der Waals surface area contributed by atoms with Crippen molar-refractivity contribution < 1.29 is 17.9 Å². The van der Waals surface area contributed by atoms with Crippen molar-refractivity contribution in [3.63, 3.8) is 0 Å². The molecule has 4 rings (SSSR count). The number of ether oxygens (including phenoxy) is 1. The van der Waals surface area contributed by atoms with Crippen molar-refractivity contribution in [3.8, 4) is 0 Å². The number of nitrogens with zero attached hydrogens (tertiary/aromatic N) is 2. The minimum Gasteiger partial charge on any atom is -0.379 e. The largest absolute Gasteiger partial charge is 0.379 e. The summed E-state index contributed by atoms with van der Waals surface area (Å²) >= 11 is 0. The topological polar surface area (TPSA) is 100 Å². The number of anilines is 1. The molecular weight excluding hydrogens is 392 g/mol. The van der Waals surface area contributed by atoms with Crippen molar-refractivity contribution in [1.29, 1.82) is 0 Å². The Balaban J connectivity index is 1.51. The van der Waals surface area contributed by atoms with E-state index in [4.69, 9.17) is 4.74 Å². The van der Waals surface area contributed by atoms with Crippen molar-refractivity contribution in [3.05, 3.63) is 59.7 Å². The Morgan fingerprint density at radius 1 is 1.07 bits per heavy atom. The highest BCUT2D eigenvalue weighted by Crippen LogP contribution is 2.20. The van der Waals surface area contributed by atoms with Gasteiger partial charge in [-0.3, -0.25) is 9.79 Å². The number of nitrogens with one attached hydrogen (secondary N) is 2. The number of sulfonamides is 1. The van der Waals surface area contributed by atoms with E-state index >= 15 is 0 Å². The van der Waals surface area contributed by atoms with Gasteiger partial charge < -0.3 is 15.4 Å². The lowest BCUT2D eigenvalue weighted by Gasteiger charge is -2.26. The molecule has 1 fully saturated rings. The fourth-order valence-corrected chi connectivity index (χ4v) is 4.69. The third kappa shape index (κ3) is 4.16. The second kappa shape index (κ2) is 8.32. The second-order valence-electron chi connectivity index (χ2n) is 6.70. The van der Waals surface area contributed by atoms with Gasteiger partial charge in [-0.25, -0.2) is 8.42 Å². The van der Waals surface area contributed by atoms with Crippen LogP contribution in [0.3, 0.4) is 0 Å². The van der Waals surface area contributed by atoms with Crippen LogP contribution in [0.2, 0.25) is 0 Å². The van der Waals surface area contributed by atoms with Crippen LogP contribution in [0.5, 0.6) is 0 Å². The van der Waals surface area contributed by atoms with Gasteiger partial charge in [0.05, 0.1) is 30.3 Å². The summed E-state index contributed by atoms with van der Waals surface area (Å²) in [6, 6.07) is 13.4. The van der Waals surface area contributed by atoms with Crippen LogP contribution in [-0.2, 0) is 14.8 Å². The first-order valence-corrected chi connectivity index (χ1v) is 10.9.